The van der Waals surface area contributed by atoms with Crippen LogP contribution >= 0.6 is 23.2 Å². The summed E-state index contributed by atoms with van der Waals surface area (Å²) in [7, 11) is 0. The Kier molecular flexibility index (Phi) is 6.12. The number of rotatable bonds is 6. The molecule has 0 spiro atoms. The zero-order chi connectivity index (χ0) is 17.7. The fourth-order valence-corrected chi connectivity index (χ4v) is 2.91. The van der Waals surface area contributed by atoms with E-state index >= 15 is 0 Å². The molecule has 0 aliphatic rings. The summed E-state index contributed by atoms with van der Waals surface area (Å²) in [5.74, 6) is 0.680. The molecule has 0 heterocycles. The summed E-state index contributed by atoms with van der Waals surface area (Å²) < 4.78 is 5.42. The van der Waals surface area contributed by atoms with Crippen LogP contribution in [0.5, 0.6) is 11.5 Å². The van der Waals surface area contributed by atoms with Crippen LogP contribution in [0.4, 0.5) is 0 Å². The van der Waals surface area contributed by atoms with Crippen molar-refractivity contribution >= 4 is 35.1 Å². The smallest absolute Gasteiger partial charge is 0.124 e. The second-order valence-corrected chi connectivity index (χ2v) is 5.93. The average molecular weight is 365 g/mol. The van der Waals surface area contributed by atoms with Gasteiger partial charge in [0.2, 0.25) is 0 Å². The highest BCUT2D eigenvalue weighted by Gasteiger charge is 2.12. The highest BCUT2D eigenvalue weighted by atomic mass is 35.5. The molecule has 0 atom stereocenters. The Morgan fingerprint density at radius 3 is 2.50 bits per heavy atom. The van der Waals surface area contributed by atoms with Crippen molar-refractivity contribution in [1.82, 2.24) is 0 Å². The fraction of sp³-hybridized carbons (Fsp3) is 0.167. The van der Waals surface area contributed by atoms with Crippen molar-refractivity contribution in [2.75, 3.05) is 6.61 Å². The van der Waals surface area contributed by atoms with E-state index < -0.39 is 0 Å². The molecular formula is C18H18Cl2N2O2. The predicted molar refractivity (Wildman–Crippen MR) is 99.5 cm³/mol. The zero-order valence-electron chi connectivity index (χ0n) is 13.1. The maximum Gasteiger partial charge on any atom is 0.124 e. The third-order valence-corrected chi connectivity index (χ3v) is 4.12. The first-order chi connectivity index (χ1) is 11.5. The number of hydrogen-bond donors (Lipinski definition) is 3. The highest BCUT2D eigenvalue weighted by molar-refractivity contribution is 6.36. The van der Waals surface area contributed by atoms with Crippen molar-refractivity contribution in [2.45, 2.75) is 13.3 Å². The SMILES string of the molecule is CCOc1cc(Cl)c(Cc2ccc(O)c(/C(N)=C/C=N)c2)c(Cl)c1. The minimum atomic E-state index is 0.0539. The lowest BCUT2D eigenvalue weighted by atomic mass is 10.0. The van der Waals surface area contributed by atoms with E-state index in [-0.39, 0.29) is 5.75 Å². The summed E-state index contributed by atoms with van der Waals surface area (Å²) in [6.07, 6.45) is 2.96. The van der Waals surface area contributed by atoms with Crippen LogP contribution < -0.4 is 10.5 Å². The highest BCUT2D eigenvalue weighted by Crippen LogP contribution is 2.33. The van der Waals surface area contributed by atoms with Gasteiger partial charge in [-0.25, -0.2) is 0 Å². The fourth-order valence-electron chi connectivity index (χ4n) is 2.31. The van der Waals surface area contributed by atoms with E-state index in [2.05, 4.69) is 0 Å². The average Bonchev–Trinajstić information content (AvgIpc) is 2.53. The van der Waals surface area contributed by atoms with E-state index in [1.165, 1.54) is 6.08 Å². The first kappa shape index (κ1) is 18.2. The van der Waals surface area contributed by atoms with E-state index in [4.69, 9.17) is 39.1 Å². The summed E-state index contributed by atoms with van der Waals surface area (Å²) in [5, 5.41) is 18.1. The van der Waals surface area contributed by atoms with Gasteiger partial charge in [0, 0.05) is 33.9 Å². The number of halogens is 2. The summed E-state index contributed by atoms with van der Waals surface area (Å²) in [6, 6.07) is 8.56. The van der Waals surface area contributed by atoms with Crippen LogP contribution in [-0.2, 0) is 6.42 Å². The molecule has 0 aromatic heterocycles. The molecule has 2 aromatic rings. The zero-order valence-corrected chi connectivity index (χ0v) is 14.7. The van der Waals surface area contributed by atoms with Gasteiger partial charge in [-0.15, -0.1) is 0 Å². The minimum absolute atomic E-state index is 0.0539. The third kappa shape index (κ3) is 4.22. The summed E-state index contributed by atoms with van der Waals surface area (Å²) in [6.45, 7) is 2.42. The van der Waals surface area contributed by atoms with E-state index in [0.29, 0.717) is 40.1 Å². The molecule has 0 bridgehead atoms. The van der Waals surface area contributed by atoms with Crippen molar-refractivity contribution in [3.05, 3.63) is 63.1 Å². The molecule has 0 amide bonds. The van der Waals surface area contributed by atoms with Gasteiger partial charge < -0.3 is 21.0 Å². The molecule has 24 heavy (non-hydrogen) atoms. The first-order valence-corrected chi connectivity index (χ1v) is 8.11. The monoisotopic (exact) mass is 364 g/mol. The Balaban J connectivity index is 2.37. The summed E-state index contributed by atoms with van der Waals surface area (Å²) >= 11 is 12.6. The summed E-state index contributed by atoms with van der Waals surface area (Å²) in [5.41, 5.74) is 8.30. The van der Waals surface area contributed by atoms with Crippen molar-refractivity contribution in [2.24, 2.45) is 5.73 Å². The van der Waals surface area contributed by atoms with Crippen molar-refractivity contribution in [3.8, 4) is 11.5 Å². The molecule has 0 saturated carbocycles. The molecule has 4 nitrogen and oxygen atoms in total. The molecule has 4 N–H and O–H groups in total. The normalized spacial score (nSPS) is 11.4. The number of phenols is 1. The Bertz CT molecular complexity index is 766. The Labute approximate surface area is 151 Å². The van der Waals surface area contributed by atoms with E-state index in [1.807, 2.05) is 6.92 Å². The summed E-state index contributed by atoms with van der Waals surface area (Å²) in [4.78, 5) is 0. The molecule has 0 fully saturated rings. The second kappa shape index (κ2) is 8.08. The lowest BCUT2D eigenvalue weighted by Gasteiger charge is -2.12. The Hall–Kier alpha value is -2.17. The van der Waals surface area contributed by atoms with E-state index in [0.717, 1.165) is 17.3 Å². The quantitative estimate of drug-likeness (QED) is 0.653. The number of nitrogens with two attached hydrogens (primary N) is 1. The maximum absolute atomic E-state index is 9.94. The van der Waals surface area contributed by atoms with Gasteiger partial charge in [-0.1, -0.05) is 29.3 Å². The van der Waals surface area contributed by atoms with Crippen LogP contribution in [0.2, 0.25) is 10.0 Å². The number of ether oxygens (including phenoxy) is 1. The van der Waals surface area contributed by atoms with Crippen molar-refractivity contribution in [1.29, 1.82) is 5.41 Å². The third-order valence-electron chi connectivity index (χ3n) is 3.44. The lowest BCUT2D eigenvalue weighted by molar-refractivity contribution is 0.340. The van der Waals surface area contributed by atoms with Gasteiger partial charge in [0.05, 0.1) is 6.61 Å². The predicted octanol–water partition coefficient (Wildman–Crippen LogP) is 4.64. The van der Waals surface area contributed by atoms with Crippen LogP contribution in [0.3, 0.4) is 0 Å². The van der Waals surface area contributed by atoms with Gasteiger partial charge in [0.1, 0.15) is 11.5 Å². The maximum atomic E-state index is 9.94. The molecular weight excluding hydrogens is 347 g/mol. The van der Waals surface area contributed by atoms with Gasteiger partial charge >= 0.3 is 0 Å². The topological polar surface area (TPSA) is 79.3 Å². The minimum Gasteiger partial charge on any atom is -0.507 e. The van der Waals surface area contributed by atoms with Crippen LogP contribution in [-0.4, -0.2) is 17.9 Å². The van der Waals surface area contributed by atoms with E-state index in [1.54, 1.807) is 30.3 Å². The van der Waals surface area contributed by atoms with Crippen LogP contribution in [0, 0.1) is 5.41 Å². The number of hydrogen-bond acceptors (Lipinski definition) is 4. The lowest BCUT2D eigenvalue weighted by Crippen LogP contribution is -2.00. The standard InChI is InChI=1S/C18H18Cl2N2O2/c1-2-24-12-9-15(19)13(16(20)10-12)7-11-3-4-18(23)14(8-11)17(22)5-6-21/h3-6,8-10,21,23H,2,7,22H2,1H3/b17-5-,21-6?. The van der Waals surface area contributed by atoms with Gasteiger partial charge in [-0.3, -0.25) is 0 Å². The number of aromatic hydroxyl groups is 1. The first-order valence-electron chi connectivity index (χ1n) is 7.35. The van der Waals surface area contributed by atoms with Crippen molar-refractivity contribution < 1.29 is 9.84 Å². The second-order valence-electron chi connectivity index (χ2n) is 5.12. The molecule has 0 aliphatic carbocycles. The molecule has 0 unspecified atom stereocenters. The number of benzene rings is 2. The molecule has 0 radical (unpaired) electrons. The van der Waals surface area contributed by atoms with Gasteiger partial charge in [-0.05, 0) is 48.4 Å². The van der Waals surface area contributed by atoms with Crippen molar-refractivity contribution in [3.63, 3.8) is 0 Å². The molecule has 6 heteroatoms. The van der Waals surface area contributed by atoms with Gasteiger partial charge in [0.15, 0.2) is 0 Å². The van der Waals surface area contributed by atoms with Crippen LogP contribution in [0.1, 0.15) is 23.6 Å². The van der Waals surface area contributed by atoms with Gasteiger partial charge in [-0.2, -0.15) is 0 Å². The number of phenolic OH excluding ortho intramolecular Hbond substituents is 1. The number of allylic oxidation sites excluding steroid dienone is 1. The molecule has 0 aliphatic heterocycles. The largest absolute Gasteiger partial charge is 0.507 e. The number of nitrogens with one attached hydrogen (secondary N) is 1. The van der Waals surface area contributed by atoms with Gasteiger partial charge in [0.25, 0.3) is 0 Å². The van der Waals surface area contributed by atoms with Crippen LogP contribution in [0.15, 0.2) is 36.4 Å². The molecule has 2 aromatic carbocycles. The van der Waals surface area contributed by atoms with E-state index in [9.17, 15) is 5.11 Å². The Morgan fingerprint density at radius 2 is 1.92 bits per heavy atom. The Morgan fingerprint density at radius 1 is 1.25 bits per heavy atom. The van der Waals surface area contributed by atoms with Crippen LogP contribution in [0.25, 0.3) is 5.70 Å². The molecule has 126 valence electrons. The molecule has 0 saturated heterocycles. The molecule has 2 rings (SSSR count).